The molecule has 6 nitrogen and oxygen atoms in total. The molecule has 3 rings (SSSR count). The van der Waals surface area contributed by atoms with Crippen molar-refractivity contribution in [3.63, 3.8) is 0 Å². The summed E-state index contributed by atoms with van der Waals surface area (Å²) in [6.07, 6.45) is -1.03. The van der Waals surface area contributed by atoms with Crippen LogP contribution in [0.5, 0.6) is 5.75 Å². The molecule has 0 aliphatic rings. The summed E-state index contributed by atoms with van der Waals surface area (Å²) < 4.78 is 10.9. The first-order chi connectivity index (χ1) is 13.9. The maximum Gasteiger partial charge on any atom is 0.336 e. The van der Waals surface area contributed by atoms with E-state index in [0.717, 1.165) is 10.9 Å². The molecule has 0 bridgehead atoms. The smallest absolute Gasteiger partial charge is 0.336 e. The van der Waals surface area contributed by atoms with E-state index >= 15 is 0 Å². The molecule has 0 spiro atoms. The Bertz CT molecular complexity index is 1060. The van der Waals surface area contributed by atoms with Crippen LogP contribution in [0, 0.1) is 0 Å². The minimum absolute atomic E-state index is 0.0523. The summed E-state index contributed by atoms with van der Waals surface area (Å²) in [5.41, 5.74) is 1.43. The highest BCUT2D eigenvalue weighted by molar-refractivity contribution is 6.32. The molecule has 0 saturated carbocycles. The van der Waals surface area contributed by atoms with Crippen LogP contribution in [0.15, 0.2) is 57.7 Å². The number of rotatable bonds is 7. The number of aliphatic hydroxyl groups excluding tert-OH is 1. The molecule has 152 valence electrons. The van der Waals surface area contributed by atoms with Crippen molar-refractivity contribution in [2.75, 3.05) is 6.54 Å². The van der Waals surface area contributed by atoms with Crippen LogP contribution >= 0.6 is 11.6 Å². The predicted molar refractivity (Wildman–Crippen MR) is 111 cm³/mol. The van der Waals surface area contributed by atoms with Crippen molar-refractivity contribution in [1.29, 1.82) is 0 Å². The van der Waals surface area contributed by atoms with Gasteiger partial charge in [-0.3, -0.25) is 4.79 Å². The van der Waals surface area contributed by atoms with Gasteiger partial charge in [0.05, 0.1) is 11.1 Å². The van der Waals surface area contributed by atoms with Gasteiger partial charge < -0.3 is 19.6 Å². The molecule has 0 fully saturated rings. The van der Waals surface area contributed by atoms with Gasteiger partial charge in [0, 0.05) is 24.1 Å². The Hall–Kier alpha value is -2.83. The van der Waals surface area contributed by atoms with Crippen molar-refractivity contribution in [3.8, 4) is 5.75 Å². The number of carbonyl (C=O) groups is 1. The quantitative estimate of drug-likeness (QED) is 0.575. The van der Waals surface area contributed by atoms with Crippen LogP contribution in [0.3, 0.4) is 0 Å². The molecule has 1 aromatic heterocycles. The zero-order valence-electron chi connectivity index (χ0n) is 16.1. The van der Waals surface area contributed by atoms with Crippen LogP contribution in [0.25, 0.3) is 11.0 Å². The predicted octanol–water partition coefficient (Wildman–Crippen LogP) is 3.63. The summed E-state index contributed by atoms with van der Waals surface area (Å²) in [5.74, 6) is -0.165. The third-order valence-corrected chi connectivity index (χ3v) is 4.89. The van der Waals surface area contributed by atoms with E-state index in [9.17, 15) is 14.7 Å². The molecule has 0 aliphatic heterocycles. The van der Waals surface area contributed by atoms with Gasteiger partial charge in [0.1, 0.15) is 11.3 Å². The van der Waals surface area contributed by atoms with Gasteiger partial charge in [0.25, 0.3) is 5.91 Å². The van der Waals surface area contributed by atoms with Crippen molar-refractivity contribution in [2.45, 2.75) is 32.5 Å². The highest BCUT2D eigenvalue weighted by Gasteiger charge is 2.19. The van der Waals surface area contributed by atoms with E-state index in [0.29, 0.717) is 22.6 Å². The van der Waals surface area contributed by atoms with E-state index in [1.807, 2.05) is 25.1 Å². The summed E-state index contributed by atoms with van der Waals surface area (Å²) in [5, 5.41) is 13.9. The Morgan fingerprint density at radius 3 is 2.66 bits per heavy atom. The van der Waals surface area contributed by atoms with Gasteiger partial charge in [0.15, 0.2) is 6.10 Å². The number of hydrogen-bond donors (Lipinski definition) is 2. The molecule has 2 aromatic carbocycles. The third-order valence-electron chi connectivity index (χ3n) is 4.59. The monoisotopic (exact) mass is 415 g/mol. The van der Waals surface area contributed by atoms with Crippen molar-refractivity contribution in [1.82, 2.24) is 5.32 Å². The van der Waals surface area contributed by atoms with Crippen molar-refractivity contribution < 1.29 is 19.1 Å². The van der Waals surface area contributed by atoms with Crippen LogP contribution < -0.4 is 15.7 Å². The Kier molecular flexibility index (Phi) is 6.56. The number of aliphatic hydroxyl groups is 1. The molecule has 29 heavy (non-hydrogen) atoms. The highest BCUT2D eigenvalue weighted by Crippen LogP contribution is 2.32. The van der Waals surface area contributed by atoms with Gasteiger partial charge in [-0.05, 0) is 30.5 Å². The number of amides is 1. The average molecular weight is 416 g/mol. The fraction of sp³-hybridized carbons (Fsp3) is 0.273. The standard InChI is InChI=1S/C22H22ClNO5/c1-3-14-9-21(26)29-19-11-20(17(23)10-16(14)19)28-13(2)22(27)24-12-18(25)15-7-5-4-6-8-15/h4-11,13,18,25H,3,12H2,1-2H3,(H,24,27)/t13-,18+/m0/s1. The largest absolute Gasteiger partial charge is 0.479 e. The summed E-state index contributed by atoms with van der Waals surface area (Å²) in [7, 11) is 0. The summed E-state index contributed by atoms with van der Waals surface area (Å²) >= 11 is 6.31. The molecular formula is C22H22ClNO5. The normalized spacial score (nSPS) is 13.1. The molecule has 7 heteroatoms. The fourth-order valence-electron chi connectivity index (χ4n) is 2.99. The maximum atomic E-state index is 12.3. The van der Waals surface area contributed by atoms with E-state index in [1.54, 1.807) is 25.1 Å². The van der Waals surface area contributed by atoms with Crippen LogP contribution in [-0.2, 0) is 11.2 Å². The lowest BCUT2D eigenvalue weighted by atomic mass is 10.1. The Balaban J connectivity index is 1.70. The van der Waals surface area contributed by atoms with Gasteiger partial charge in [-0.15, -0.1) is 0 Å². The lowest BCUT2D eigenvalue weighted by Crippen LogP contribution is -2.38. The molecule has 2 atom stereocenters. The van der Waals surface area contributed by atoms with Crippen LogP contribution in [0.1, 0.15) is 31.1 Å². The molecule has 2 N–H and O–H groups in total. The average Bonchev–Trinajstić information content (AvgIpc) is 2.72. The van der Waals surface area contributed by atoms with E-state index in [1.165, 1.54) is 12.1 Å². The minimum Gasteiger partial charge on any atom is -0.479 e. The van der Waals surface area contributed by atoms with Gasteiger partial charge in [0.2, 0.25) is 0 Å². The second kappa shape index (κ2) is 9.11. The lowest BCUT2D eigenvalue weighted by Gasteiger charge is -2.18. The van der Waals surface area contributed by atoms with Crippen molar-refractivity contribution in [3.05, 3.63) is 75.1 Å². The Morgan fingerprint density at radius 1 is 1.24 bits per heavy atom. The lowest BCUT2D eigenvalue weighted by molar-refractivity contribution is -0.127. The van der Waals surface area contributed by atoms with Crippen molar-refractivity contribution >= 4 is 28.5 Å². The maximum absolute atomic E-state index is 12.3. The molecular weight excluding hydrogens is 394 g/mol. The van der Waals surface area contributed by atoms with E-state index < -0.39 is 23.7 Å². The number of carbonyl (C=O) groups excluding carboxylic acids is 1. The van der Waals surface area contributed by atoms with Crippen LogP contribution in [0.4, 0.5) is 0 Å². The van der Waals surface area contributed by atoms with E-state index in [4.69, 9.17) is 20.8 Å². The molecule has 3 aromatic rings. The second-order valence-electron chi connectivity index (χ2n) is 6.65. The molecule has 0 unspecified atom stereocenters. The van der Waals surface area contributed by atoms with E-state index in [-0.39, 0.29) is 12.3 Å². The first kappa shape index (κ1) is 20.9. The minimum atomic E-state index is -0.867. The topological polar surface area (TPSA) is 88.8 Å². The summed E-state index contributed by atoms with van der Waals surface area (Å²) in [4.78, 5) is 24.1. The van der Waals surface area contributed by atoms with Crippen LogP contribution in [-0.4, -0.2) is 23.7 Å². The number of fused-ring (bicyclic) bond motifs is 1. The molecule has 0 radical (unpaired) electrons. The summed E-state index contributed by atoms with van der Waals surface area (Å²) in [6, 6.07) is 13.7. The molecule has 1 heterocycles. The number of benzene rings is 2. The first-order valence-corrected chi connectivity index (χ1v) is 9.70. The van der Waals surface area contributed by atoms with Gasteiger partial charge in [-0.25, -0.2) is 4.79 Å². The van der Waals surface area contributed by atoms with Crippen molar-refractivity contribution in [2.24, 2.45) is 0 Å². The number of nitrogens with one attached hydrogen (secondary N) is 1. The van der Waals surface area contributed by atoms with Gasteiger partial charge in [-0.2, -0.15) is 0 Å². The van der Waals surface area contributed by atoms with Gasteiger partial charge >= 0.3 is 5.63 Å². The zero-order valence-corrected chi connectivity index (χ0v) is 16.9. The second-order valence-corrected chi connectivity index (χ2v) is 7.06. The molecule has 0 saturated heterocycles. The van der Waals surface area contributed by atoms with E-state index in [2.05, 4.69) is 5.32 Å². The molecule has 0 aliphatic carbocycles. The number of aryl methyl sites for hydroxylation is 1. The zero-order chi connectivity index (χ0) is 21.0. The fourth-order valence-corrected chi connectivity index (χ4v) is 3.20. The third kappa shape index (κ3) is 4.96. The Labute approximate surface area is 173 Å². The Morgan fingerprint density at radius 2 is 1.97 bits per heavy atom. The van der Waals surface area contributed by atoms with Crippen LogP contribution in [0.2, 0.25) is 5.02 Å². The molecule has 1 amide bonds. The number of hydrogen-bond acceptors (Lipinski definition) is 5. The SMILES string of the molecule is CCc1cc(=O)oc2cc(O[C@@H](C)C(=O)NC[C@@H](O)c3ccccc3)c(Cl)cc12. The highest BCUT2D eigenvalue weighted by atomic mass is 35.5. The number of ether oxygens (including phenoxy) is 1. The first-order valence-electron chi connectivity index (χ1n) is 9.32. The van der Waals surface area contributed by atoms with Gasteiger partial charge in [-0.1, -0.05) is 48.9 Å². The number of halogens is 1. The summed E-state index contributed by atoms with van der Waals surface area (Å²) in [6.45, 7) is 3.56.